The van der Waals surface area contributed by atoms with E-state index in [1.54, 1.807) is 0 Å². The molecule has 1 heterocycles. The van der Waals surface area contributed by atoms with Gasteiger partial charge in [-0.3, -0.25) is 9.78 Å². The van der Waals surface area contributed by atoms with Gasteiger partial charge in [-0.15, -0.1) is 0 Å². The Hall–Kier alpha value is -1.49. The Morgan fingerprint density at radius 3 is 2.25 bits per heavy atom. The van der Waals surface area contributed by atoms with E-state index in [-0.39, 0.29) is 17.9 Å². The van der Waals surface area contributed by atoms with Crippen molar-refractivity contribution in [1.29, 1.82) is 0 Å². The summed E-state index contributed by atoms with van der Waals surface area (Å²) in [4.78, 5) is 14.5. The molecule has 0 unspecified atom stereocenters. The summed E-state index contributed by atoms with van der Waals surface area (Å²) in [6, 6.07) is 4.41. The van der Waals surface area contributed by atoms with E-state index in [9.17, 15) is 9.90 Å². The molecule has 1 aromatic carbocycles. The molecule has 2 rings (SSSR count). The average molecular weight is 333 g/mol. The summed E-state index contributed by atoms with van der Waals surface area (Å²) in [6.45, 7) is 0. The van der Waals surface area contributed by atoms with Crippen LogP contribution in [0.2, 0.25) is 15.1 Å². The molecule has 0 radical (unpaired) electrons. The number of rotatable bonds is 3. The maximum Gasteiger partial charge on any atom is 0.309 e. The number of pyridine rings is 1. The maximum atomic E-state index is 10.6. The number of hydrogen-bond acceptors (Lipinski definition) is 3. The topological polar surface area (TPSA) is 70.4 Å². The van der Waals surface area contributed by atoms with Gasteiger partial charge in [-0.25, -0.2) is 0 Å². The van der Waals surface area contributed by atoms with E-state index in [1.165, 1.54) is 24.4 Å². The zero-order valence-electron chi connectivity index (χ0n) is 9.90. The van der Waals surface area contributed by atoms with E-state index in [0.717, 1.165) is 0 Å². The van der Waals surface area contributed by atoms with Crippen molar-refractivity contribution in [2.75, 3.05) is 0 Å². The molecule has 0 amide bonds. The van der Waals surface area contributed by atoms with Gasteiger partial charge >= 0.3 is 5.97 Å². The van der Waals surface area contributed by atoms with Gasteiger partial charge in [-0.1, -0.05) is 34.8 Å². The van der Waals surface area contributed by atoms with Crippen molar-refractivity contribution in [3.8, 4) is 16.9 Å². The smallest absolute Gasteiger partial charge is 0.309 e. The predicted octanol–water partition coefficient (Wildman–Crippen LogP) is 4.04. The van der Waals surface area contributed by atoms with E-state index in [4.69, 9.17) is 39.9 Å². The van der Waals surface area contributed by atoms with Crippen LogP contribution in [0.4, 0.5) is 0 Å². The highest BCUT2D eigenvalue weighted by molar-refractivity contribution is 6.41. The molecule has 0 saturated carbocycles. The van der Waals surface area contributed by atoms with Gasteiger partial charge in [-0.2, -0.15) is 0 Å². The minimum Gasteiger partial charge on any atom is -0.506 e. The number of hydrogen-bond donors (Lipinski definition) is 2. The Morgan fingerprint density at radius 2 is 1.75 bits per heavy atom. The second-order valence-electron chi connectivity index (χ2n) is 4.00. The Morgan fingerprint density at radius 1 is 1.15 bits per heavy atom. The fourth-order valence-electron chi connectivity index (χ4n) is 1.72. The van der Waals surface area contributed by atoms with Gasteiger partial charge in [0.2, 0.25) is 0 Å². The Balaban J connectivity index is 2.50. The Bertz CT molecular complexity index is 666. The molecule has 7 heteroatoms. The number of aromatic nitrogens is 1. The highest BCUT2D eigenvalue weighted by Gasteiger charge is 2.14. The third kappa shape index (κ3) is 3.15. The lowest BCUT2D eigenvalue weighted by atomic mass is 10.1. The molecule has 0 aliphatic heterocycles. The van der Waals surface area contributed by atoms with Gasteiger partial charge < -0.3 is 10.2 Å². The zero-order valence-corrected chi connectivity index (χ0v) is 12.2. The highest BCUT2D eigenvalue weighted by atomic mass is 35.5. The fraction of sp³-hybridized carbons (Fsp3) is 0.0769. The quantitative estimate of drug-likeness (QED) is 0.890. The zero-order chi connectivity index (χ0) is 14.9. The number of carboxylic acid groups (broad SMARTS) is 1. The van der Waals surface area contributed by atoms with Crippen molar-refractivity contribution >= 4 is 40.8 Å². The first kappa shape index (κ1) is 14.9. The van der Waals surface area contributed by atoms with Crippen molar-refractivity contribution in [3.05, 3.63) is 45.2 Å². The van der Waals surface area contributed by atoms with Crippen LogP contribution >= 0.6 is 34.8 Å². The second-order valence-corrected chi connectivity index (χ2v) is 5.26. The van der Waals surface area contributed by atoms with Crippen LogP contribution < -0.4 is 0 Å². The molecule has 1 aromatic heterocycles. The summed E-state index contributed by atoms with van der Waals surface area (Å²) in [7, 11) is 0. The van der Waals surface area contributed by atoms with Crippen LogP contribution in [-0.2, 0) is 11.2 Å². The molecule has 0 fully saturated rings. The summed E-state index contributed by atoms with van der Waals surface area (Å²) in [5, 5.41) is 19.5. The molecule has 0 saturated heterocycles. The molecule has 0 aliphatic carbocycles. The van der Waals surface area contributed by atoms with Crippen LogP contribution in [0.15, 0.2) is 24.4 Å². The average Bonchev–Trinajstić information content (AvgIpc) is 2.30. The normalized spacial score (nSPS) is 10.6. The first-order chi connectivity index (χ1) is 9.38. The van der Waals surface area contributed by atoms with Crippen molar-refractivity contribution in [2.45, 2.75) is 6.42 Å². The van der Waals surface area contributed by atoms with E-state index < -0.39 is 5.97 Å². The third-order valence-electron chi connectivity index (χ3n) is 2.56. The summed E-state index contributed by atoms with van der Waals surface area (Å²) in [6.07, 6.45) is 1.03. The fourth-order valence-corrected chi connectivity index (χ4v) is 2.75. The van der Waals surface area contributed by atoms with E-state index in [1.807, 2.05) is 0 Å². The first-order valence-corrected chi connectivity index (χ1v) is 6.56. The van der Waals surface area contributed by atoms with Crippen LogP contribution in [0.3, 0.4) is 0 Å². The molecule has 2 aromatic rings. The molecule has 0 spiro atoms. The van der Waals surface area contributed by atoms with Crippen molar-refractivity contribution in [2.24, 2.45) is 0 Å². The monoisotopic (exact) mass is 331 g/mol. The third-order valence-corrected chi connectivity index (χ3v) is 3.38. The van der Waals surface area contributed by atoms with Crippen LogP contribution in [0.5, 0.6) is 5.75 Å². The largest absolute Gasteiger partial charge is 0.506 e. The molecule has 104 valence electrons. The van der Waals surface area contributed by atoms with E-state index in [2.05, 4.69) is 4.98 Å². The van der Waals surface area contributed by atoms with E-state index >= 15 is 0 Å². The SMILES string of the molecule is O=C(O)Cc1ncc(-c2c(Cl)cc(Cl)cc2Cl)cc1O. The van der Waals surface area contributed by atoms with Crippen molar-refractivity contribution in [3.63, 3.8) is 0 Å². The van der Waals surface area contributed by atoms with Crippen LogP contribution in [0.1, 0.15) is 5.69 Å². The lowest BCUT2D eigenvalue weighted by Crippen LogP contribution is -2.02. The minimum absolute atomic E-state index is 0.0717. The lowest BCUT2D eigenvalue weighted by molar-refractivity contribution is -0.136. The number of aliphatic carboxylic acids is 1. The molecule has 0 atom stereocenters. The Kier molecular flexibility index (Phi) is 4.38. The maximum absolute atomic E-state index is 10.6. The summed E-state index contributed by atoms with van der Waals surface area (Å²) in [5.41, 5.74) is 1.02. The Labute approximate surface area is 129 Å². The first-order valence-electron chi connectivity index (χ1n) is 5.43. The standard InChI is InChI=1S/C13H8Cl3NO3/c14-7-2-8(15)13(9(16)3-7)6-1-11(18)10(17-5-6)4-12(19)20/h1-3,5,18H,4H2,(H,19,20). The van der Waals surface area contributed by atoms with Gasteiger partial charge in [0.15, 0.2) is 0 Å². The van der Waals surface area contributed by atoms with Crippen LogP contribution in [-0.4, -0.2) is 21.2 Å². The summed E-state index contributed by atoms with van der Waals surface area (Å²) >= 11 is 18.0. The van der Waals surface area contributed by atoms with Crippen LogP contribution in [0.25, 0.3) is 11.1 Å². The molecule has 0 aliphatic rings. The summed E-state index contributed by atoms with van der Waals surface area (Å²) in [5.74, 6) is -1.31. The summed E-state index contributed by atoms with van der Waals surface area (Å²) < 4.78 is 0. The molecule has 4 nitrogen and oxygen atoms in total. The lowest BCUT2D eigenvalue weighted by Gasteiger charge is -2.09. The van der Waals surface area contributed by atoms with Crippen molar-refractivity contribution in [1.82, 2.24) is 4.98 Å². The minimum atomic E-state index is -1.08. The van der Waals surface area contributed by atoms with Gasteiger partial charge in [0.1, 0.15) is 5.75 Å². The van der Waals surface area contributed by atoms with Gasteiger partial charge in [-0.05, 0) is 18.2 Å². The van der Waals surface area contributed by atoms with Crippen molar-refractivity contribution < 1.29 is 15.0 Å². The molecular formula is C13H8Cl3NO3. The van der Waals surface area contributed by atoms with Crippen LogP contribution in [0, 0.1) is 0 Å². The molecule has 20 heavy (non-hydrogen) atoms. The van der Waals surface area contributed by atoms with Gasteiger partial charge in [0.05, 0.1) is 22.2 Å². The number of aromatic hydroxyl groups is 1. The number of halogens is 3. The number of benzene rings is 1. The second kappa shape index (κ2) is 5.87. The number of nitrogens with zero attached hydrogens (tertiary/aromatic N) is 1. The molecule has 0 bridgehead atoms. The highest BCUT2D eigenvalue weighted by Crippen LogP contribution is 2.38. The molecular weight excluding hydrogens is 325 g/mol. The van der Waals surface area contributed by atoms with E-state index in [0.29, 0.717) is 26.2 Å². The molecule has 2 N–H and O–H groups in total. The number of carboxylic acids is 1. The predicted molar refractivity (Wildman–Crippen MR) is 77.7 cm³/mol. The number of carbonyl (C=O) groups is 1. The van der Waals surface area contributed by atoms with Gasteiger partial charge in [0, 0.05) is 22.3 Å². The van der Waals surface area contributed by atoms with Gasteiger partial charge in [0.25, 0.3) is 0 Å².